The van der Waals surface area contributed by atoms with E-state index in [4.69, 9.17) is 11.6 Å². The molecular formula is C20H20ClN5OS. The fourth-order valence-corrected chi connectivity index (χ4v) is 4.42. The standard InChI is InChI=1S/C20H20ClN5OS/c1-3-16-23-24-20-26(16)25-17(13-9-7-12(2)8-10-13)18(28-20)19(27)22-15-6-4-5-14(21)11-15/h4-11,17-18,25H,3H2,1-2H3,(H,22,27)/t17-,18-/m0/s1. The van der Waals surface area contributed by atoms with Gasteiger partial charge in [-0.25, -0.2) is 4.68 Å². The number of carbonyl (C=O) groups is 1. The van der Waals surface area contributed by atoms with Gasteiger partial charge in [0.2, 0.25) is 11.1 Å². The highest BCUT2D eigenvalue weighted by Crippen LogP contribution is 2.37. The number of fused-ring (bicyclic) bond motifs is 1. The number of rotatable bonds is 4. The number of thioether (sulfide) groups is 1. The number of hydrogen-bond donors (Lipinski definition) is 2. The number of nitrogens with one attached hydrogen (secondary N) is 2. The van der Waals surface area contributed by atoms with E-state index in [0.29, 0.717) is 15.9 Å². The highest BCUT2D eigenvalue weighted by Gasteiger charge is 2.37. The van der Waals surface area contributed by atoms with E-state index in [0.717, 1.165) is 17.8 Å². The van der Waals surface area contributed by atoms with Gasteiger partial charge in [-0.1, -0.05) is 66.2 Å². The Labute approximate surface area is 172 Å². The molecule has 1 aliphatic heterocycles. The quantitative estimate of drug-likeness (QED) is 0.670. The largest absolute Gasteiger partial charge is 0.325 e. The number of nitrogens with zero attached hydrogens (tertiary/aromatic N) is 3. The Morgan fingerprint density at radius 3 is 2.75 bits per heavy atom. The van der Waals surface area contributed by atoms with Gasteiger partial charge in [-0.05, 0) is 30.7 Å². The molecule has 0 saturated carbocycles. The van der Waals surface area contributed by atoms with E-state index in [9.17, 15) is 4.79 Å². The lowest BCUT2D eigenvalue weighted by Gasteiger charge is -2.33. The van der Waals surface area contributed by atoms with Crippen LogP contribution in [0, 0.1) is 6.92 Å². The van der Waals surface area contributed by atoms with Crippen LogP contribution < -0.4 is 10.7 Å². The van der Waals surface area contributed by atoms with Gasteiger partial charge in [-0.15, -0.1) is 10.2 Å². The van der Waals surface area contributed by atoms with Crippen molar-refractivity contribution in [2.75, 3.05) is 10.7 Å². The van der Waals surface area contributed by atoms with E-state index in [1.165, 1.54) is 17.3 Å². The summed E-state index contributed by atoms with van der Waals surface area (Å²) in [5, 5.41) is 12.3. The molecule has 0 unspecified atom stereocenters. The van der Waals surface area contributed by atoms with Crippen LogP contribution in [0.15, 0.2) is 53.7 Å². The SMILES string of the molecule is CCc1nnc2n1N[C@@H](c1ccc(C)cc1)[C@@H](C(=O)Nc1cccc(Cl)c1)S2. The van der Waals surface area contributed by atoms with Crippen molar-refractivity contribution in [3.63, 3.8) is 0 Å². The van der Waals surface area contributed by atoms with Gasteiger partial charge in [0, 0.05) is 17.1 Å². The van der Waals surface area contributed by atoms with Crippen LogP contribution in [-0.2, 0) is 11.2 Å². The number of halogens is 1. The normalized spacial score (nSPS) is 18.2. The predicted molar refractivity (Wildman–Crippen MR) is 112 cm³/mol. The second kappa shape index (κ2) is 7.85. The van der Waals surface area contributed by atoms with Crippen LogP contribution in [0.4, 0.5) is 5.69 Å². The third-order valence-electron chi connectivity index (χ3n) is 4.61. The van der Waals surface area contributed by atoms with Gasteiger partial charge in [0.15, 0.2) is 5.82 Å². The van der Waals surface area contributed by atoms with Gasteiger partial charge < -0.3 is 10.7 Å². The first-order valence-corrected chi connectivity index (χ1v) is 10.3. The first kappa shape index (κ1) is 18.8. The number of carbonyl (C=O) groups excluding carboxylic acids is 1. The number of amides is 1. The molecule has 3 aromatic rings. The lowest BCUT2D eigenvalue weighted by Crippen LogP contribution is -2.41. The van der Waals surface area contributed by atoms with Crippen LogP contribution in [0.1, 0.15) is 29.9 Å². The molecule has 0 aliphatic carbocycles. The zero-order valence-electron chi connectivity index (χ0n) is 15.5. The molecule has 2 aromatic carbocycles. The summed E-state index contributed by atoms with van der Waals surface area (Å²) in [4.78, 5) is 13.1. The first-order chi connectivity index (χ1) is 13.5. The van der Waals surface area contributed by atoms with Crippen molar-refractivity contribution in [2.45, 2.75) is 36.7 Å². The summed E-state index contributed by atoms with van der Waals surface area (Å²) in [5.74, 6) is 0.728. The minimum Gasteiger partial charge on any atom is -0.325 e. The predicted octanol–water partition coefficient (Wildman–Crippen LogP) is 4.20. The van der Waals surface area contributed by atoms with Crippen molar-refractivity contribution in [3.8, 4) is 0 Å². The lowest BCUT2D eigenvalue weighted by atomic mass is 10.0. The van der Waals surface area contributed by atoms with E-state index in [2.05, 4.69) is 33.1 Å². The maximum atomic E-state index is 13.1. The number of benzene rings is 2. The van der Waals surface area contributed by atoms with Crippen molar-refractivity contribution >= 4 is 35.0 Å². The molecule has 1 amide bonds. The summed E-state index contributed by atoms with van der Waals surface area (Å²) in [6.07, 6.45) is 0.751. The first-order valence-electron chi connectivity index (χ1n) is 9.05. The maximum Gasteiger partial charge on any atom is 0.240 e. The third-order valence-corrected chi connectivity index (χ3v) is 6.06. The molecule has 0 fully saturated rings. The monoisotopic (exact) mass is 413 g/mol. The highest BCUT2D eigenvalue weighted by molar-refractivity contribution is 8.00. The van der Waals surface area contributed by atoms with Crippen LogP contribution in [0.3, 0.4) is 0 Å². The van der Waals surface area contributed by atoms with Crippen molar-refractivity contribution in [1.29, 1.82) is 0 Å². The minimum atomic E-state index is -0.414. The van der Waals surface area contributed by atoms with Gasteiger partial charge in [-0.2, -0.15) is 0 Å². The second-order valence-corrected chi connectivity index (χ2v) is 8.19. The average Bonchev–Trinajstić information content (AvgIpc) is 3.09. The van der Waals surface area contributed by atoms with Gasteiger partial charge in [0.25, 0.3) is 0 Å². The van der Waals surface area contributed by atoms with Crippen LogP contribution in [-0.4, -0.2) is 26.0 Å². The van der Waals surface area contributed by atoms with Crippen LogP contribution in [0.5, 0.6) is 0 Å². The molecule has 2 heterocycles. The van der Waals surface area contributed by atoms with Crippen molar-refractivity contribution in [3.05, 3.63) is 70.5 Å². The molecule has 0 bridgehead atoms. The number of anilines is 1. The molecule has 0 radical (unpaired) electrons. The van der Waals surface area contributed by atoms with Crippen molar-refractivity contribution in [1.82, 2.24) is 14.9 Å². The highest BCUT2D eigenvalue weighted by atomic mass is 35.5. The molecule has 2 N–H and O–H groups in total. The van der Waals surface area contributed by atoms with Crippen LogP contribution in [0.2, 0.25) is 5.02 Å². The van der Waals surface area contributed by atoms with Crippen molar-refractivity contribution < 1.29 is 4.79 Å². The zero-order valence-corrected chi connectivity index (χ0v) is 17.1. The molecular weight excluding hydrogens is 394 g/mol. The molecule has 144 valence electrons. The van der Waals surface area contributed by atoms with Gasteiger partial charge in [0.1, 0.15) is 5.25 Å². The van der Waals surface area contributed by atoms with Gasteiger partial charge in [0.05, 0.1) is 6.04 Å². The average molecular weight is 414 g/mol. The molecule has 28 heavy (non-hydrogen) atoms. The summed E-state index contributed by atoms with van der Waals surface area (Å²) < 4.78 is 1.89. The molecule has 8 heteroatoms. The Kier molecular flexibility index (Phi) is 5.28. The van der Waals surface area contributed by atoms with E-state index in [1.54, 1.807) is 12.1 Å². The minimum absolute atomic E-state index is 0.113. The smallest absolute Gasteiger partial charge is 0.240 e. The Bertz CT molecular complexity index is 1000. The van der Waals surface area contributed by atoms with E-state index < -0.39 is 5.25 Å². The van der Waals surface area contributed by atoms with Crippen LogP contribution >= 0.6 is 23.4 Å². The molecule has 2 atom stereocenters. The summed E-state index contributed by atoms with van der Waals surface area (Å²) >= 11 is 7.46. The number of aryl methyl sites for hydroxylation is 2. The zero-order chi connectivity index (χ0) is 19.7. The Hall–Kier alpha value is -2.51. The maximum absolute atomic E-state index is 13.1. The molecule has 1 aliphatic rings. The summed E-state index contributed by atoms with van der Waals surface area (Å²) in [6.45, 7) is 4.08. The third kappa shape index (κ3) is 3.72. The molecule has 4 rings (SSSR count). The van der Waals surface area contributed by atoms with Crippen molar-refractivity contribution in [2.24, 2.45) is 0 Å². The molecule has 1 aromatic heterocycles. The number of hydrogen-bond acceptors (Lipinski definition) is 5. The molecule has 0 saturated heterocycles. The number of aromatic nitrogens is 3. The summed E-state index contributed by atoms with van der Waals surface area (Å²) in [7, 11) is 0. The fourth-order valence-electron chi connectivity index (χ4n) is 3.13. The van der Waals surface area contributed by atoms with E-state index in [1.807, 2.05) is 42.8 Å². The second-order valence-electron chi connectivity index (χ2n) is 6.64. The lowest BCUT2D eigenvalue weighted by molar-refractivity contribution is -0.116. The fraction of sp³-hybridized carbons (Fsp3) is 0.250. The Morgan fingerprint density at radius 1 is 1.25 bits per heavy atom. The Balaban J connectivity index is 1.67. The van der Waals surface area contributed by atoms with Gasteiger partial charge >= 0.3 is 0 Å². The molecule has 6 nitrogen and oxygen atoms in total. The summed E-state index contributed by atoms with van der Waals surface area (Å²) in [6, 6.07) is 15.1. The van der Waals surface area contributed by atoms with Gasteiger partial charge in [-0.3, -0.25) is 4.79 Å². The van der Waals surface area contributed by atoms with E-state index in [-0.39, 0.29) is 11.9 Å². The topological polar surface area (TPSA) is 71.8 Å². The van der Waals surface area contributed by atoms with Crippen LogP contribution in [0.25, 0.3) is 0 Å². The molecule has 0 spiro atoms. The van der Waals surface area contributed by atoms with E-state index >= 15 is 0 Å². The Morgan fingerprint density at radius 2 is 2.04 bits per heavy atom. The summed E-state index contributed by atoms with van der Waals surface area (Å²) in [5.41, 5.74) is 6.32.